The predicted octanol–water partition coefficient (Wildman–Crippen LogP) is 0.0606. The van der Waals surface area contributed by atoms with Crippen LogP contribution >= 0.6 is 8.58 Å². The average molecular weight is 569 g/mol. The molecule has 0 aromatic heterocycles. The van der Waals surface area contributed by atoms with Crippen LogP contribution in [-0.2, 0) is 25.8 Å². The Morgan fingerprint density at radius 2 is 1.31 bits per heavy atom. The van der Waals surface area contributed by atoms with Crippen molar-refractivity contribution >= 4 is 40.7 Å². The molecule has 29 heavy (non-hydrogen) atoms. The third-order valence-electron chi connectivity index (χ3n) is 4.59. The van der Waals surface area contributed by atoms with Gasteiger partial charge in [-0.25, -0.2) is 0 Å². The second kappa shape index (κ2) is 11.9. The average Bonchev–Trinajstić information content (AvgIpc) is 3.30. The molecule has 0 aliphatic carbocycles. The molecule has 0 nitrogen and oxygen atoms in total. The van der Waals surface area contributed by atoms with Gasteiger partial charge in [-0.15, -0.1) is 70.0 Å². The molecule has 0 amide bonds. The fourth-order valence-corrected chi connectivity index (χ4v) is 4.39. The molecule has 0 fully saturated rings. The number of halogens is 2. The zero-order valence-corrected chi connectivity index (χ0v) is 20.7. The van der Waals surface area contributed by atoms with Crippen molar-refractivity contribution in [3.63, 3.8) is 0 Å². The molecule has 0 N–H and O–H groups in total. The molecule has 0 radical (unpaired) electrons. The first kappa shape index (κ1) is 25.1. The van der Waals surface area contributed by atoms with E-state index in [1.807, 2.05) is 0 Å². The summed E-state index contributed by atoms with van der Waals surface area (Å²) in [6, 6.07) is 36.5. The van der Waals surface area contributed by atoms with Crippen LogP contribution in [0, 0.1) is 6.92 Å². The molecule has 0 aliphatic rings. The van der Waals surface area contributed by atoms with E-state index in [0.29, 0.717) is 0 Å². The van der Waals surface area contributed by atoms with Crippen molar-refractivity contribution < 1.29 is 35.3 Å². The van der Waals surface area contributed by atoms with Gasteiger partial charge in [0.2, 0.25) is 0 Å². The van der Waals surface area contributed by atoms with Gasteiger partial charge in [0, 0.05) is 0 Å². The van der Waals surface area contributed by atoms with Crippen molar-refractivity contribution in [1.82, 2.24) is 0 Å². The van der Waals surface area contributed by atoms with Crippen LogP contribution in [0.2, 0.25) is 0 Å². The maximum atomic E-state index is 2.31. The first-order valence-electron chi connectivity index (χ1n) is 8.88. The third kappa shape index (κ3) is 6.26. The molecule has 4 heteroatoms. The minimum atomic E-state index is 0. The quantitative estimate of drug-likeness (QED) is 0.161. The van der Waals surface area contributed by atoms with Crippen LogP contribution in [0.25, 0.3) is 21.5 Å². The molecule has 0 saturated heterocycles. The number of hydrogen-bond donors (Lipinski definition) is 0. The van der Waals surface area contributed by atoms with Crippen LogP contribution in [0.4, 0.5) is 0 Å². The Hall–Kier alpha value is -1.96. The van der Waals surface area contributed by atoms with Crippen LogP contribution in [0.5, 0.6) is 0 Å². The number of fused-ring (bicyclic) bond motifs is 2. The molecule has 1 unspecified atom stereocenters. The van der Waals surface area contributed by atoms with Gasteiger partial charge in [-0.05, 0) is 17.8 Å². The van der Waals surface area contributed by atoms with E-state index >= 15 is 0 Å². The summed E-state index contributed by atoms with van der Waals surface area (Å²) in [4.78, 5) is 0. The summed E-state index contributed by atoms with van der Waals surface area (Å²) in [6.07, 6.45) is 0. The molecule has 0 heterocycles. The van der Waals surface area contributed by atoms with E-state index in [1.54, 1.807) is 0 Å². The monoisotopic (exact) mass is 570 g/mol. The number of hydrogen-bond acceptors (Lipinski definition) is 0. The van der Waals surface area contributed by atoms with Gasteiger partial charge in [0.1, 0.15) is 0 Å². The second-order valence-electron chi connectivity index (χ2n) is 6.47. The van der Waals surface area contributed by atoms with Crippen molar-refractivity contribution in [1.29, 1.82) is 0 Å². The zero-order valence-electron chi connectivity index (χ0n) is 16.1. The van der Waals surface area contributed by atoms with Gasteiger partial charge in [-0.1, -0.05) is 45.0 Å². The van der Waals surface area contributed by atoms with Gasteiger partial charge < -0.3 is 9.41 Å². The molecule has 144 valence electrons. The Labute approximate surface area is 191 Å². The van der Waals surface area contributed by atoms with Crippen molar-refractivity contribution in [2.75, 3.05) is 0 Å². The Bertz CT molecular complexity index is 1080. The number of benzene rings is 3. The first-order valence-corrected chi connectivity index (χ1v) is 9.88. The Balaban J connectivity index is 0.000000302. The van der Waals surface area contributed by atoms with E-state index in [9.17, 15) is 0 Å². The van der Waals surface area contributed by atoms with Gasteiger partial charge in [0.15, 0.2) is 0 Å². The van der Waals surface area contributed by atoms with Crippen LogP contribution in [0.15, 0.2) is 103 Å². The Morgan fingerprint density at radius 3 is 2.00 bits per heavy atom. The molecule has 0 spiro atoms. The zero-order chi connectivity index (χ0) is 17.8. The minimum absolute atomic E-state index is 0. The maximum absolute atomic E-state index is 2.31. The molecule has 1 atom stereocenters. The molecule has 0 aliphatic heterocycles. The first-order chi connectivity index (χ1) is 12.8. The van der Waals surface area contributed by atoms with Crippen molar-refractivity contribution in [2.24, 2.45) is 0 Å². The summed E-state index contributed by atoms with van der Waals surface area (Å²) in [7, 11) is 0.759. The summed E-state index contributed by atoms with van der Waals surface area (Å²) in [5.41, 5.74) is 1.39. The summed E-state index contributed by atoms with van der Waals surface area (Å²) >= 11 is 0. The normalized spacial score (nSPS) is 9.97. The van der Waals surface area contributed by atoms with Gasteiger partial charge in [-0.3, -0.25) is 0 Å². The van der Waals surface area contributed by atoms with Gasteiger partial charge in [-0.2, -0.15) is 23.6 Å². The van der Waals surface area contributed by atoms with Crippen LogP contribution in [0.1, 0.15) is 5.56 Å². The largest absolute Gasteiger partial charge is 4.00 e. The second-order valence-corrected chi connectivity index (χ2v) is 7.83. The number of aryl methyl sites for hydroxylation is 1. The summed E-state index contributed by atoms with van der Waals surface area (Å²) in [5.74, 6) is 0. The summed E-state index contributed by atoms with van der Waals surface area (Å²) in [6.45, 7) is 2.19. The van der Waals surface area contributed by atoms with E-state index in [1.165, 1.54) is 37.7 Å². The van der Waals surface area contributed by atoms with E-state index in [4.69, 9.17) is 0 Å². The van der Waals surface area contributed by atoms with E-state index < -0.39 is 0 Å². The van der Waals surface area contributed by atoms with Crippen LogP contribution in [0.3, 0.4) is 0 Å². The maximum Gasteiger partial charge on any atom is 4.00 e. The molecular weight excluding hydrogens is 548 g/mol. The fourth-order valence-electron chi connectivity index (χ4n) is 3.16. The van der Waals surface area contributed by atoms with Gasteiger partial charge in [0.25, 0.3) is 0 Å². The molecule has 0 saturated carbocycles. The molecule has 5 aromatic rings. The topological polar surface area (TPSA) is 0 Å². The van der Waals surface area contributed by atoms with Gasteiger partial charge in [0.05, 0.1) is 0 Å². The van der Waals surface area contributed by atoms with Gasteiger partial charge >= 0.3 is 25.8 Å². The minimum Gasteiger partial charge on any atom is -1.00 e. The Kier molecular flexibility index (Phi) is 10.3. The smallest absolute Gasteiger partial charge is 1.00 e. The Morgan fingerprint density at radius 1 is 0.690 bits per heavy atom. The standard InChI is InChI=1S/C16H14P.C9H7.2FH.Hf/c1-12-6-2-5-9-16(12)17-15-10-13-7-3-4-8-14(13)11-15;1-2-5-9-7-3-6-8(9)4-1;;;/h2-11,17H,1H3;1-7H;2*1H;/q2*-1;;;+4/p-2. The summed E-state index contributed by atoms with van der Waals surface area (Å²) < 4.78 is 0. The van der Waals surface area contributed by atoms with Crippen molar-refractivity contribution in [3.8, 4) is 0 Å². The molecule has 5 rings (SSSR count). The molecule has 5 aromatic carbocycles. The molecular formula is C25H21F2HfP. The van der Waals surface area contributed by atoms with E-state index in [0.717, 1.165) is 8.58 Å². The van der Waals surface area contributed by atoms with Crippen LogP contribution < -0.4 is 20.0 Å². The number of rotatable bonds is 2. The van der Waals surface area contributed by atoms with E-state index in [-0.39, 0.29) is 35.3 Å². The third-order valence-corrected chi connectivity index (χ3v) is 6.00. The fraction of sp³-hybridized carbons (Fsp3) is 0.0400. The predicted molar refractivity (Wildman–Crippen MR) is 118 cm³/mol. The van der Waals surface area contributed by atoms with Crippen molar-refractivity contribution in [2.45, 2.75) is 6.92 Å². The van der Waals surface area contributed by atoms with E-state index in [2.05, 4.69) is 110 Å². The summed E-state index contributed by atoms with van der Waals surface area (Å²) in [5, 5.41) is 8.24. The van der Waals surface area contributed by atoms with Crippen LogP contribution in [-0.4, -0.2) is 0 Å². The molecule has 0 bridgehead atoms. The SMILES string of the molecule is Cc1ccccc1Pc1cc2ccccc2[cH-]1.[F-].[F-].[Hf+4].c1ccc2[cH-]ccc2c1. The van der Waals surface area contributed by atoms with Crippen molar-refractivity contribution in [3.05, 3.63) is 109 Å².